The van der Waals surface area contributed by atoms with E-state index in [0.29, 0.717) is 17.3 Å². The number of nitrogens with zero attached hydrogens (tertiary/aromatic N) is 5. The van der Waals surface area contributed by atoms with Gasteiger partial charge in [-0.3, -0.25) is 0 Å². The van der Waals surface area contributed by atoms with Gasteiger partial charge < -0.3 is 15.4 Å². The van der Waals surface area contributed by atoms with Gasteiger partial charge in [-0.2, -0.15) is 4.98 Å². The van der Waals surface area contributed by atoms with Crippen LogP contribution in [0.5, 0.6) is 0 Å². The zero-order valence-corrected chi connectivity index (χ0v) is 16.4. The van der Waals surface area contributed by atoms with Gasteiger partial charge in [-0.1, -0.05) is 35.8 Å². The Kier molecular flexibility index (Phi) is 4.43. The van der Waals surface area contributed by atoms with Crippen LogP contribution in [-0.2, 0) is 5.41 Å². The predicted octanol–water partition coefficient (Wildman–Crippen LogP) is 3.34. The van der Waals surface area contributed by atoms with E-state index in [-0.39, 0.29) is 17.1 Å². The summed E-state index contributed by atoms with van der Waals surface area (Å²) >= 11 is 0. The number of nitrogens with two attached hydrogens (primary N) is 1. The largest absolute Gasteiger partial charge is 0.477 e. The Morgan fingerprint density at radius 2 is 1.61 bits per heavy atom. The highest BCUT2D eigenvalue weighted by atomic mass is 16.5. The summed E-state index contributed by atoms with van der Waals surface area (Å²) in [6, 6.07) is 11.2. The second kappa shape index (κ2) is 7.28. The summed E-state index contributed by atoms with van der Waals surface area (Å²) in [5.74, 6) is 0.107. The molecule has 0 spiro atoms. The lowest BCUT2D eigenvalue weighted by molar-refractivity contribution is 0.0690. The highest BCUT2D eigenvalue weighted by Crippen LogP contribution is 2.48. The molecule has 0 unspecified atom stereocenters. The number of benzene rings is 1. The van der Waals surface area contributed by atoms with Gasteiger partial charge in [-0.15, -0.1) is 0 Å². The molecule has 9 heteroatoms. The van der Waals surface area contributed by atoms with Crippen LogP contribution in [0.3, 0.4) is 0 Å². The van der Waals surface area contributed by atoms with Crippen molar-refractivity contribution in [2.24, 2.45) is 0 Å². The Labute approximate surface area is 177 Å². The second-order valence-corrected chi connectivity index (χ2v) is 7.50. The van der Waals surface area contributed by atoms with Crippen molar-refractivity contribution < 1.29 is 14.4 Å². The molecule has 0 radical (unpaired) electrons. The van der Waals surface area contributed by atoms with Gasteiger partial charge in [-0.05, 0) is 36.1 Å². The molecule has 1 aliphatic rings. The van der Waals surface area contributed by atoms with Crippen LogP contribution >= 0.6 is 0 Å². The van der Waals surface area contributed by atoms with E-state index in [1.54, 1.807) is 18.5 Å². The molecule has 5 rings (SSSR count). The first-order valence-electron chi connectivity index (χ1n) is 9.77. The Morgan fingerprint density at radius 1 is 0.935 bits per heavy atom. The lowest BCUT2D eigenvalue weighted by Gasteiger charge is -2.39. The Hall–Kier alpha value is -4.14. The van der Waals surface area contributed by atoms with Crippen molar-refractivity contribution in [2.45, 2.75) is 24.7 Å². The van der Waals surface area contributed by atoms with E-state index in [1.807, 2.05) is 12.1 Å². The molecule has 1 saturated carbocycles. The number of carboxylic acids is 1. The maximum atomic E-state index is 11.0. The molecule has 4 aromatic rings. The summed E-state index contributed by atoms with van der Waals surface area (Å²) in [5, 5.41) is 13.2. The summed E-state index contributed by atoms with van der Waals surface area (Å²) < 4.78 is 5.48. The molecule has 3 heterocycles. The molecule has 3 aromatic heterocycles. The van der Waals surface area contributed by atoms with Crippen LogP contribution in [0.1, 0.15) is 41.1 Å². The molecular formula is C22H18N6O3. The van der Waals surface area contributed by atoms with Crippen LogP contribution in [0.2, 0.25) is 0 Å². The zero-order valence-electron chi connectivity index (χ0n) is 16.4. The van der Waals surface area contributed by atoms with Gasteiger partial charge in [0.15, 0.2) is 5.82 Å². The topological polar surface area (TPSA) is 141 Å². The first-order chi connectivity index (χ1) is 15.0. The Balaban J connectivity index is 1.43. The number of hydrogen-bond acceptors (Lipinski definition) is 8. The minimum Gasteiger partial charge on any atom is -0.477 e. The first-order valence-corrected chi connectivity index (χ1v) is 9.77. The van der Waals surface area contributed by atoms with Gasteiger partial charge in [0.25, 0.3) is 5.89 Å². The monoisotopic (exact) mass is 414 g/mol. The molecule has 9 nitrogen and oxygen atoms in total. The molecule has 0 amide bonds. The van der Waals surface area contributed by atoms with Gasteiger partial charge >= 0.3 is 5.97 Å². The van der Waals surface area contributed by atoms with Gasteiger partial charge in [0.1, 0.15) is 5.69 Å². The van der Waals surface area contributed by atoms with Crippen LogP contribution in [0.15, 0.2) is 59.5 Å². The first kappa shape index (κ1) is 18.9. The summed E-state index contributed by atoms with van der Waals surface area (Å²) in [7, 11) is 0. The number of carbonyl (C=O) groups is 1. The van der Waals surface area contributed by atoms with Crippen molar-refractivity contribution in [3.05, 3.63) is 72.1 Å². The molecule has 1 fully saturated rings. The number of nitrogen functional groups attached to an aromatic ring is 1. The van der Waals surface area contributed by atoms with E-state index >= 15 is 0 Å². The molecule has 3 N–H and O–H groups in total. The zero-order chi connectivity index (χ0) is 21.4. The minimum atomic E-state index is -1.08. The number of aromatic nitrogens is 5. The number of pyridine rings is 1. The second-order valence-electron chi connectivity index (χ2n) is 7.50. The third-order valence-corrected chi connectivity index (χ3v) is 5.73. The maximum Gasteiger partial charge on any atom is 0.354 e. The smallest absolute Gasteiger partial charge is 0.354 e. The van der Waals surface area contributed by atoms with E-state index in [9.17, 15) is 4.79 Å². The van der Waals surface area contributed by atoms with E-state index < -0.39 is 5.97 Å². The molecule has 0 aliphatic heterocycles. The van der Waals surface area contributed by atoms with Crippen molar-refractivity contribution in [1.82, 2.24) is 25.1 Å². The van der Waals surface area contributed by atoms with E-state index in [2.05, 4.69) is 37.2 Å². The lowest BCUT2D eigenvalue weighted by atomic mass is 9.64. The van der Waals surface area contributed by atoms with Crippen molar-refractivity contribution in [2.75, 3.05) is 5.73 Å². The minimum absolute atomic E-state index is 0.0365. The fourth-order valence-electron chi connectivity index (χ4n) is 3.82. The summed E-state index contributed by atoms with van der Waals surface area (Å²) in [6.45, 7) is 0. The van der Waals surface area contributed by atoms with Crippen molar-refractivity contribution >= 4 is 11.9 Å². The summed E-state index contributed by atoms with van der Waals surface area (Å²) in [5.41, 5.74) is 8.81. The third-order valence-electron chi connectivity index (χ3n) is 5.73. The Bertz CT molecular complexity index is 1230. The number of carboxylic acid groups (broad SMARTS) is 1. The van der Waals surface area contributed by atoms with Crippen LogP contribution in [0.25, 0.3) is 22.6 Å². The maximum absolute atomic E-state index is 11.0. The molecule has 1 aromatic carbocycles. The van der Waals surface area contributed by atoms with E-state index in [1.165, 1.54) is 12.3 Å². The van der Waals surface area contributed by atoms with Crippen molar-refractivity contribution in [1.29, 1.82) is 0 Å². The number of anilines is 1. The van der Waals surface area contributed by atoms with Gasteiger partial charge in [0.05, 0.1) is 11.0 Å². The van der Waals surface area contributed by atoms with E-state index in [4.69, 9.17) is 15.4 Å². The van der Waals surface area contributed by atoms with Gasteiger partial charge in [0.2, 0.25) is 5.95 Å². The summed E-state index contributed by atoms with van der Waals surface area (Å²) in [6.07, 6.45) is 7.75. The fraction of sp³-hybridized carbons (Fsp3) is 0.182. The van der Waals surface area contributed by atoms with Crippen molar-refractivity contribution in [3.8, 4) is 22.6 Å². The number of hydrogen-bond donors (Lipinski definition) is 2. The average Bonchev–Trinajstić information content (AvgIpc) is 3.24. The fourth-order valence-corrected chi connectivity index (χ4v) is 3.82. The lowest BCUT2D eigenvalue weighted by Crippen LogP contribution is -2.36. The molecular weight excluding hydrogens is 396 g/mol. The summed E-state index contributed by atoms with van der Waals surface area (Å²) in [4.78, 5) is 27.6. The molecule has 0 atom stereocenters. The van der Waals surface area contributed by atoms with Crippen LogP contribution in [0.4, 0.5) is 5.95 Å². The number of aromatic carboxylic acids is 1. The standard InChI is InChI=1S/C22H18N6O3/c23-21-25-11-15(12-26-21)13-2-5-16(6-3-13)22(8-1-9-22)20-27-18(31-28-20)14-4-7-17(19(29)30)24-10-14/h2-7,10-12H,1,8-9H2,(H,29,30)(H2,23,25,26). The average molecular weight is 414 g/mol. The highest BCUT2D eigenvalue weighted by Gasteiger charge is 2.44. The SMILES string of the molecule is Nc1ncc(-c2ccc(C3(c4noc(-c5ccc(C(=O)O)nc5)n4)CCC3)cc2)cn1. The van der Waals surface area contributed by atoms with Gasteiger partial charge in [-0.25, -0.2) is 19.7 Å². The van der Waals surface area contributed by atoms with Crippen molar-refractivity contribution in [3.63, 3.8) is 0 Å². The Morgan fingerprint density at radius 3 is 2.19 bits per heavy atom. The molecule has 0 bridgehead atoms. The van der Waals surface area contributed by atoms with Crippen LogP contribution < -0.4 is 5.73 Å². The molecule has 1 aliphatic carbocycles. The normalized spacial score (nSPS) is 14.7. The van der Waals surface area contributed by atoms with E-state index in [0.717, 1.165) is 36.0 Å². The third kappa shape index (κ3) is 3.29. The van der Waals surface area contributed by atoms with Crippen LogP contribution in [-0.4, -0.2) is 36.2 Å². The quantitative estimate of drug-likeness (QED) is 0.503. The number of rotatable bonds is 5. The predicted molar refractivity (Wildman–Crippen MR) is 111 cm³/mol. The molecule has 0 saturated heterocycles. The molecule has 31 heavy (non-hydrogen) atoms. The van der Waals surface area contributed by atoms with Gasteiger partial charge in [0, 0.05) is 24.2 Å². The van der Waals surface area contributed by atoms with Crippen LogP contribution in [0, 0.1) is 0 Å². The highest BCUT2D eigenvalue weighted by molar-refractivity contribution is 5.85. The molecule has 154 valence electrons.